The van der Waals surface area contributed by atoms with Crippen LogP contribution in [0.2, 0.25) is 0 Å². The summed E-state index contributed by atoms with van der Waals surface area (Å²) in [6.45, 7) is 5.54. The number of amides is 1. The molecule has 5 nitrogen and oxygen atoms in total. The van der Waals surface area contributed by atoms with Gasteiger partial charge in [-0.05, 0) is 48.8 Å². The molecule has 1 aromatic carbocycles. The number of nitrogens with one attached hydrogen (secondary N) is 1. The van der Waals surface area contributed by atoms with Gasteiger partial charge in [0.2, 0.25) is 5.91 Å². The SMILES string of the molecule is Cc1nn(C(C)C(=O)Nc2ccccc2O)c(C)c1Br. The van der Waals surface area contributed by atoms with E-state index in [-0.39, 0.29) is 11.7 Å². The van der Waals surface area contributed by atoms with Gasteiger partial charge in [0.25, 0.3) is 0 Å². The van der Waals surface area contributed by atoms with Crippen molar-refractivity contribution in [1.29, 1.82) is 0 Å². The minimum Gasteiger partial charge on any atom is -0.506 e. The number of para-hydroxylation sites is 2. The zero-order valence-corrected chi connectivity index (χ0v) is 13.1. The number of carbonyl (C=O) groups is 1. The van der Waals surface area contributed by atoms with Crippen molar-refractivity contribution >= 4 is 27.5 Å². The molecule has 0 aliphatic heterocycles. The highest BCUT2D eigenvalue weighted by molar-refractivity contribution is 9.10. The summed E-state index contributed by atoms with van der Waals surface area (Å²) in [5.74, 6) is -0.188. The molecule has 0 bridgehead atoms. The van der Waals surface area contributed by atoms with Crippen LogP contribution >= 0.6 is 15.9 Å². The Bertz CT molecular complexity index is 652. The van der Waals surface area contributed by atoms with Crippen LogP contribution in [0, 0.1) is 13.8 Å². The van der Waals surface area contributed by atoms with Gasteiger partial charge in [0.15, 0.2) is 0 Å². The molecule has 2 aromatic rings. The summed E-state index contributed by atoms with van der Waals surface area (Å²) in [5.41, 5.74) is 2.12. The Balaban J connectivity index is 2.21. The maximum absolute atomic E-state index is 12.2. The van der Waals surface area contributed by atoms with Crippen LogP contribution in [0.4, 0.5) is 5.69 Å². The van der Waals surface area contributed by atoms with Crippen LogP contribution in [-0.4, -0.2) is 20.8 Å². The van der Waals surface area contributed by atoms with Gasteiger partial charge in [0.1, 0.15) is 11.8 Å². The van der Waals surface area contributed by atoms with Crippen molar-refractivity contribution in [2.75, 3.05) is 5.32 Å². The molecule has 0 saturated heterocycles. The van der Waals surface area contributed by atoms with Crippen molar-refractivity contribution < 1.29 is 9.90 Å². The monoisotopic (exact) mass is 337 g/mol. The topological polar surface area (TPSA) is 67.2 Å². The fraction of sp³-hybridized carbons (Fsp3) is 0.286. The zero-order chi connectivity index (χ0) is 14.9. The molecule has 2 N–H and O–H groups in total. The standard InChI is InChI=1S/C14H16BrN3O2/c1-8-13(15)9(2)18(17-8)10(3)14(20)16-11-6-4-5-7-12(11)19/h4-7,10,19H,1-3H3,(H,16,20). The summed E-state index contributed by atoms with van der Waals surface area (Å²) in [7, 11) is 0. The Morgan fingerprint density at radius 2 is 2.05 bits per heavy atom. The molecule has 0 radical (unpaired) electrons. The van der Waals surface area contributed by atoms with Crippen molar-refractivity contribution in [2.24, 2.45) is 0 Å². The zero-order valence-electron chi connectivity index (χ0n) is 11.5. The molecular formula is C14H16BrN3O2. The van der Waals surface area contributed by atoms with Crippen molar-refractivity contribution in [3.8, 4) is 5.75 Å². The number of nitrogens with zero attached hydrogens (tertiary/aromatic N) is 2. The summed E-state index contributed by atoms with van der Waals surface area (Å²) in [6.07, 6.45) is 0. The number of hydrogen-bond donors (Lipinski definition) is 2. The number of aromatic nitrogens is 2. The smallest absolute Gasteiger partial charge is 0.249 e. The second-order valence-corrected chi connectivity index (χ2v) is 5.40. The van der Waals surface area contributed by atoms with Gasteiger partial charge in [-0.2, -0.15) is 5.10 Å². The van der Waals surface area contributed by atoms with E-state index in [9.17, 15) is 9.90 Å². The first kappa shape index (κ1) is 14.6. The van der Waals surface area contributed by atoms with Crippen molar-refractivity contribution in [3.05, 3.63) is 40.1 Å². The normalized spacial score (nSPS) is 12.2. The van der Waals surface area contributed by atoms with Gasteiger partial charge in [-0.25, -0.2) is 0 Å². The Morgan fingerprint density at radius 3 is 2.60 bits per heavy atom. The predicted octanol–water partition coefficient (Wildman–Crippen LogP) is 3.17. The second-order valence-electron chi connectivity index (χ2n) is 4.61. The summed E-state index contributed by atoms with van der Waals surface area (Å²) in [5, 5.41) is 16.7. The second kappa shape index (κ2) is 5.66. The molecule has 0 spiro atoms. The first-order chi connectivity index (χ1) is 9.41. The van der Waals surface area contributed by atoms with E-state index in [2.05, 4.69) is 26.3 Å². The van der Waals surface area contributed by atoms with Crippen LogP contribution in [0.5, 0.6) is 5.75 Å². The van der Waals surface area contributed by atoms with Crippen molar-refractivity contribution in [1.82, 2.24) is 9.78 Å². The molecule has 1 atom stereocenters. The minimum atomic E-state index is -0.473. The number of hydrogen-bond acceptors (Lipinski definition) is 3. The summed E-state index contributed by atoms with van der Waals surface area (Å²) in [6, 6.07) is 6.16. The number of aryl methyl sites for hydroxylation is 1. The maximum Gasteiger partial charge on any atom is 0.249 e. The average molecular weight is 338 g/mol. The molecule has 106 valence electrons. The number of carbonyl (C=O) groups excluding carboxylic acids is 1. The minimum absolute atomic E-state index is 0.0441. The third kappa shape index (κ3) is 2.70. The van der Waals surface area contributed by atoms with Gasteiger partial charge in [0.05, 0.1) is 21.5 Å². The molecule has 0 saturated carbocycles. The molecule has 20 heavy (non-hydrogen) atoms. The lowest BCUT2D eigenvalue weighted by Crippen LogP contribution is -2.25. The van der Waals surface area contributed by atoms with E-state index in [1.54, 1.807) is 29.8 Å². The van der Waals surface area contributed by atoms with Gasteiger partial charge in [-0.1, -0.05) is 12.1 Å². The van der Waals surface area contributed by atoms with E-state index in [1.165, 1.54) is 6.07 Å². The molecule has 0 aliphatic rings. The van der Waals surface area contributed by atoms with E-state index >= 15 is 0 Å². The predicted molar refractivity (Wildman–Crippen MR) is 80.8 cm³/mol. The number of anilines is 1. The van der Waals surface area contributed by atoms with Crippen LogP contribution in [0.15, 0.2) is 28.7 Å². The molecule has 0 fully saturated rings. The fourth-order valence-electron chi connectivity index (χ4n) is 1.95. The van der Waals surface area contributed by atoms with E-state index in [0.29, 0.717) is 5.69 Å². The molecule has 1 amide bonds. The molecule has 0 aliphatic carbocycles. The molecule has 1 heterocycles. The Labute approximate surface area is 125 Å². The fourth-order valence-corrected chi connectivity index (χ4v) is 2.21. The van der Waals surface area contributed by atoms with Crippen LogP contribution in [0.3, 0.4) is 0 Å². The number of phenols is 1. The highest BCUT2D eigenvalue weighted by Gasteiger charge is 2.20. The number of benzene rings is 1. The Morgan fingerprint density at radius 1 is 1.40 bits per heavy atom. The van der Waals surface area contributed by atoms with Crippen LogP contribution < -0.4 is 5.32 Å². The van der Waals surface area contributed by atoms with Gasteiger partial charge in [0, 0.05) is 0 Å². The Kier molecular flexibility index (Phi) is 4.13. The quantitative estimate of drug-likeness (QED) is 0.845. The highest BCUT2D eigenvalue weighted by atomic mass is 79.9. The molecular weight excluding hydrogens is 322 g/mol. The number of halogens is 1. The summed E-state index contributed by atoms with van der Waals surface area (Å²) < 4.78 is 2.56. The van der Waals surface area contributed by atoms with Crippen LogP contribution in [0.25, 0.3) is 0 Å². The molecule has 1 unspecified atom stereocenters. The lowest BCUT2D eigenvalue weighted by Gasteiger charge is -2.15. The van der Waals surface area contributed by atoms with Gasteiger partial charge in [-0.15, -0.1) is 0 Å². The van der Waals surface area contributed by atoms with Crippen LogP contribution in [-0.2, 0) is 4.79 Å². The molecule has 2 rings (SSSR count). The number of aromatic hydroxyl groups is 1. The lowest BCUT2D eigenvalue weighted by atomic mass is 10.2. The van der Waals surface area contributed by atoms with E-state index in [1.807, 2.05) is 13.8 Å². The van der Waals surface area contributed by atoms with Crippen LogP contribution in [0.1, 0.15) is 24.4 Å². The first-order valence-corrected chi connectivity index (χ1v) is 7.01. The summed E-state index contributed by atoms with van der Waals surface area (Å²) >= 11 is 3.44. The first-order valence-electron chi connectivity index (χ1n) is 6.22. The molecule has 1 aromatic heterocycles. The third-order valence-corrected chi connectivity index (χ3v) is 4.29. The average Bonchev–Trinajstić information content (AvgIpc) is 2.68. The van der Waals surface area contributed by atoms with Gasteiger partial charge < -0.3 is 10.4 Å². The maximum atomic E-state index is 12.2. The van der Waals surface area contributed by atoms with Gasteiger partial charge >= 0.3 is 0 Å². The highest BCUT2D eigenvalue weighted by Crippen LogP contribution is 2.25. The number of phenolic OH excluding ortho intramolecular Hbond substituents is 1. The van der Waals surface area contributed by atoms with Crippen molar-refractivity contribution in [2.45, 2.75) is 26.8 Å². The number of rotatable bonds is 3. The largest absolute Gasteiger partial charge is 0.506 e. The van der Waals surface area contributed by atoms with Gasteiger partial charge in [-0.3, -0.25) is 9.48 Å². The van der Waals surface area contributed by atoms with E-state index in [0.717, 1.165) is 15.9 Å². The van der Waals surface area contributed by atoms with E-state index < -0.39 is 6.04 Å². The third-order valence-electron chi connectivity index (χ3n) is 3.14. The molecule has 6 heteroatoms. The van der Waals surface area contributed by atoms with E-state index in [4.69, 9.17) is 0 Å². The lowest BCUT2D eigenvalue weighted by molar-refractivity contribution is -0.119. The Hall–Kier alpha value is -1.82. The summed E-state index contributed by atoms with van der Waals surface area (Å²) in [4.78, 5) is 12.2. The van der Waals surface area contributed by atoms with Crippen molar-refractivity contribution in [3.63, 3.8) is 0 Å².